The molecule has 140 valence electrons. The largest absolute Gasteiger partial charge is 0.493 e. The van der Waals surface area contributed by atoms with Crippen LogP contribution in [0.15, 0.2) is 23.1 Å². The van der Waals surface area contributed by atoms with Gasteiger partial charge in [-0.2, -0.15) is 0 Å². The summed E-state index contributed by atoms with van der Waals surface area (Å²) >= 11 is 0. The van der Waals surface area contributed by atoms with E-state index < -0.39 is 16.0 Å². The van der Waals surface area contributed by atoms with Crippen LogP contribution in [0, 0.1) is 5.92 Å². The van der Waals surface area contributed by atoms with Gasteiger partial charge in [0.15, 0.2) is 11.5 Å². The van der Waals surface area contributed by atoms with Crippen molar-refractivity contribution in [2.45, 2.75) is 25.2 Å². The first kappa shape index (κ1) is 21.0. The van der Waals surface area contributed by atoms with Gasteiger partial charge in [-0.1, -0.05) is 13.8 Å². The first-order valence-electron chi connectivity index (χ1n) is 7.76. The average molecular weight is 371 g/mol. The number of hydrogen-bond acceptors (Lipinski definition) is 6. The third kappa shape index (κ3) is 6.06. The number of esters is 1. The number of benzene rings is 1. The van der Waals surface area contributed by atoms with E-state index in [2.05, 4.69) is 9.46 Å². The fraction of sp³-hybridized carbons (Fsp3) is 0.471. The molecule has 0 saturated heterocycles. The molecule has 1 N–H and O–H groups in total. The molecule has 0 fully saturated rings. The van der Waals surface area contributed by atoms with E-state index in [9.17, 15) is 13.2 Å². The number of sulfonamides is 1. The summed E-state index contributed by atoms with van der Waals surface area (Å²) in [6.45, 7) is 4.33. The summed E-state index contributed by atoms with van der Waals surface area (Å²) in [7, 11) is 0.238. The van der Waals surface area contributed by atoms with Gasteiger partial charge in [0.1, 0.15) is 4.90 Å². The first-order chi connectivity index (χ1) is 11.7. The van der Waals surface area contributed by atoms with Crippen LogP contribution in [0.4, 0.5) is 0 Å². The molecular formula is C17H25NO6S. The van der Waals surface area contributed by atoms with E-state index in [0.29, 0.717) is 24.4 Å². The molecule has 1 aromatic carbocycles. The second-order valence-electron chi connectivity index (χ2n) is 5.69. The minimum atomic E-state index is -3.80. The molecule has 0 spiro atoms. The topological polar surface area (TPSA) is 90.9 Å². The average Bonchev–Trinajstić information content (AvgIpc) is 2.57. The van der Waals surface area contributed by atoms with E-state index in [0.717, 1.165) is 0 Å². The lowest BCUT2D eigenvalue weighted by Gasteiger charge is -2.15. The molecule has 8 heteroatoms. The van der Waals surface area contributed by atoms with Crippen LogP contribution in [0.5, 0.6) is 11.5 Å². The highest BCUT2D eigenvalue weighted by Crippen LogP contribution is 2.36. The van der Waals surface area contributed by atoms with Gasteiger partial charge in [0.2, 0.25) is 10.0 Å². The van der Waals surface area contributed by atoms with Gasteiger partial charge in [-0.05, 0) is 36.1 Å². The molecule has 0 aromatic heterocycles. The van der Waals surface area contributed by atoms with E-state index in [1.54, 1.807) is 6.07 Å². The highest BCUT2D eigenvalue weighted by molar-refractivity contribution is 7.89. The molecule has 0 saturated carbocycles. The fourth-order valence-corrected chi connectivity index (χ4v) is 3.30. The number of rotatable bonds is 9. The quantitative estimate of drug-likeness (QED) is 0.529. The molecule has 0 heterocycles. The Labute approximate surface area is 149 Å². The monoisotopic (exact) mass is 371 g/mol. The SMILES string of the molecule is COC(=O)/C=C\c1cc(OC)c(OC)c(S(=O)(=O)NCCC(C)C)c1. The summed E-state index contributed by atoms with van der Waals surface area (Å²) in [5.41, 5.74) is 0.465. The molecule has 0 aliphatic heterocycles. The molecule has 7 nitrogen and oxygen atoms in total. The summed E-state index contributed by atoms with van der Waals surface area (Å²) in [6, 6.07) is 2.99. The van der Waals surface area contributed by atoms with Gasteiger partial charge in [-0.15, -0.1) is 0 Å². The molecule has 0 bridgehead atoms. The van der Waals surface area contributed by atoms with Crippen LogP contribution < -0.4 is 14.2 Å². The molecule has 0 aliphatic carbocycles. The van der Waals surface area contributed by atoms with E-state index >= 15 is 0 Å². The molecule has 0 radical (unpaired) electrons. The first-order valence-corrected chi connectivity index (χ1v) is 9.25. The zero-order valence-electron chi connectivity index (χ0n) is 15.2. The number of ether oxygens (including phenoxy) is 3. The third-order valence-electron chi connectivity index (χ3n) is 3.38. The standard InChI is InChI=1S/C17H25NO6S/c1-12(2)8-9-18-25(20,21)15-11-13(6-7-16(19)23-4)10-14(22-3)17(15)24-5/h6-7,10-12,18H,8-9H2,1-5H3/b7-6-. The molecule has 0 amide bonds. The zero-order valence-corrected chi connectivity index (χ0v) is 16.0. The van der Waals surface area contributed by atoms with Gasteiger partial charge in [0, 0.05) is 12.6 Å². The van der Waals surface area contributed by atoms with Crippen molar-refractivity contribution in [3.8, 4) is 11.5 Å². The Hall–Kier alpha value is -2.06. The Morgan fingerprint density at radius 3 is 2.40 bits per heavy atom. The van der Waals surface area contributed by atoms with Crippen LogP contribution in [-0.2, 0) is 19.6 Å². The van der Waals surface area contributed by atoms with Gasteiger partial charge in [0.25, 0.3) is 0 Å². The Kier molecular flexibility index (Phi) is 7.92. The lowest BCUT2D eigenvalue weighted by Crippen LogP contribution is -2.26. The summed E-state index contributed by atoms with van der Waals surface area (Å²) in [5, 5.41) is 0. The van der Waals surface area contributed by atoms with E-state index in [4.69, 9.17) is 9.47 Å². The lowest BCUT2D eigenvalue weighted by atomic mass is 10.1. The van der Waals surface area contributed by atoms with Crippen molar-refractivity contribution in [2.75, 3.05) is 27.9 Å². The predicted octanol–water partition coefficient (Wildman–Crippen LogP) is 2.21. The molecule has 1 rings (SSSR count). The second kappa shape index (κ2) is 9.43. The summed E-state index contributed by atoms with van der Waals surface area (Å²) < 4.78 is 42.8. The van der Waals surface area contributed by atoms with Crippen LogP contribution in [0.1, 0.15) is 25.8 Å². The minimum Gasteiger partial charge on any atom is -0.493 e. The molecule has 1 aromatic rings. The second-order valence-corrected chi connectivity index (χ2v) is 7.43. The normalized spacial score (nSPS) is 11.8. The number of hydrogen-bond donors (Lipinski definition) is 1. The Morgan fingerprint density at radius 1 is 1.20 bits per heavy atom. The molecular weight excluding hydrogens is 346 g/mol. The number of carbonyl (C=O) groups is 1. The van der Waals surface area contributed by atoms with Crippen LogP contribution in [0.25, 0.3) is 6.08 Å². The number of nitrogens with one attached hydrogen (secondary N) is 1. The van der Waals surface area contributed by atoms with Crippen molar-refractivity contribution in [1.29, 1.82) is 0 Å². The van der Waals surface area contributed by atoms with Gasteiger partial charge < -0.3 is 14.2 Å². The Bertz CT molecular complexity index is 725. The molecule has 0 atom stereocenters. The van der Waals surface area contributed by atoms with E-state index in [1.807, 2.05) is 13.8 Å². The highest BCUT2D eigenvalue weighted by Gasteiger charge is 2.23. The Balaban J connectivity index is 3.30. The zero-order chi connectivity index (χ0) is 19.0. The van der Waals surface area contributed by atoms with Gasteiger partial charge in [0.05, 0.1) is 21.3 Å². The highest BCUT2D eigenvalue weighted by atomic mass is 32.2. The molecule has 25 heavy (non-hydrogen) atoms. The van der Waals surface area contributed by atoms with Gasteiger partial charge in [-0.3, -0.25) is 0 Å². The maximum atomic E-state index is 12.6. The smallest absolute Gasteiger partial charge is 0.330 e. The van der Waals surface area contributed by atoms with Crippen LogP contribution in [0.3, 0.4) is 0 Å². The lowest BCUT2D eigenvalue weighted by molar-refractivity contribution is -0.134. The number of carbonyl (C=O) groups excluding carboxylic acids is 1. The van der Waals surface area contributed by atoms with Crippen LogP contribution in [0.2, 0.25) is 0 Å². The van der Waals surface area contributed by atoms with Crippen molar-refractivity contribution < 1.29 is 27.4 Å². The minimum absolute atomic E-state index is 0.0531. The summed E-state index contributed by atoms with van der Waals surface area (Å²) in [4.78, 5) is 11.2. The predicted molar refractivity (Wildman–Crippen MR) is 95.2 cm³/mol. The maximum absolute atomic E-state index is 12.6. The van der Waals surface area contributed by atoms with Crippen molar-refractivity contribution in [2.24, 2.45) is 5.92 Å². The van der Waals surface area contributed by atoms with Crippen LogP contribution in [-0.4, -0.2) is 42.3 Å². The number of methoxy groups -OCH3 is 3. The molecule has 0 unspecified atom stereocenters. The maximum Gasteiger partial charge on any atom is 0.330 e. The van der Waals surface area contributed by atoms with Gasteiger partial charge in [-0.25, -0.2) is 17.9 Å². The van der Waals surface area contributed by atoms with E-state index in [-0.39, 0.29) is 16.4 Å². The van der Waals surface area contributed by atoms with Crippen molar-refractivity contribution in [3.63, 3.8) is 0 Å². The summed E-state index contributed by atoms with van der Waals surface area (Å²) in [6.07, 6.45) is 3.35. The third-order valence-corrected chi connectivity index (χ3v) is 4.85. The molecule has 0 aliphatic rings. The summed E-state index contributed by atoms with van der Waals surface area (Å²) in [5.74, 6) is 0.177. The fourth-order valence-electron chi connectivity index (χ4n) is 2.04. The van der Waals surface area contributed by atoms with Crippen molar-refractivity contribution >= 4 is 22.1 Å². The van der Waals surface area contributed by atoms with E-state index in [1.165, 1.54) is 39.5 Å². The van der Waals surface area contributed by atoms with Crippen molar-refractivity contribution in [1.82, 2.24) is 4.72 Å². The van der Waals surface area contributed by atoms with Gasteiger partial charge >= 0.3 is 5.97 Å². The van der Waals surface area contributed by atoms with Crippen molar-refractivity contribution in [3.05, 3.63) is 23.8 Å². The Morgan fingerprint density at radius 2 is 1.88 bits per heavy atom. The van der Waals surface area contributed by atoms with Crippen LogP contribution >= 0.6 is 0 Å².